The van der Waals surface area contributed by atoms with Crippen molar-refractivity contribution in [1.29, 1.82) is 0 Å². The van der Waals surface area contributed by atoms with Gasteiger partial charge in [-0.1, -0.05) is 59.6 Å². The molecule has 1 aromatic heterocycles. The Morgan fingerprint density at radius 3 is 2.18 bits per heavy atom. The average molecular weight is 586 g/mol. The Bertz CT molecular complexity index is 1650. The van der Waals surface area contributed by atoms with Crippen LogP contribution in [0.3, 0.4) is 0 Å². The van der Waals surface area contributed by atoms with Crippen LogP contribution >= 0.6 is 23.2 Å². The standard InChI is InChI=1S/C28H25Cl2N3O5S/c1-17(18-10-14-21(15-11-18)39(3,37)38)32(2)28(36)26-22(16-25(34)35)27(19-8-12-20(29)13-9-19)33(31-26)24-7-5-4-6-23(24)30/h4-15,17H,16H2,1-3H3,(H,34,35). The minimum Gasteiger partial charge on any atom is -0.481 e. The summed E-state index contributed by atoms with van der Waals surface area (Å²) in [5.74, 6) is -1.64. The molecule has 202 valence electrons. The third-order valence-corrected chi connectivity index (χ3v) is 8.10. The molecule has 0 radical (unpaired) electrons. The lowest BCUT2D eigenvalue weighted by atomic mass is 10.0. The van der Waals surface area contributed by atoms with Crippen LogP contribution in [0.2, 0.25) is 10.0 Å². The van der Waals surface area contributed by atoms with E-state index < -0.39 is 34.2 Å². The third-order valence-electron chi connectivity index (χ3n) is 6.40. The zero-order valence-electron chi connectivity index (χ0n) is 21.3. The zero-order valence-corrected chi connectivity index (χ0v) is 23.6. The predicted molar refractivity (Wildman–Crippen MR) is 150 cm³/mol. The lowest BCUT2D eigenvalue weighted by Gasteiger charge is -2.25. The van der Waals surface area contributed by atoms with Crippen molar-refractivity contribution < 1.29 is 23.1 Å². The van der Waals surface area contributed by atoms with Gasteiger partial charge in [-0.25, -0.2) is 13.1 Å². The van der Waals surface area contributed by atoms with Gasteiger partial charge in [-0.2, -0.15) is 5.10 Å². The van der Waals surface area contributed by atoms with E-state index in [9.17, 15) is 23.1 Å². The molecule has 0 aliphatic rings. The number of carbonyl (C=O) groups excluding carboxylic acids is 1. The number of hydrogen-bond donors (Lipinski definition) is 1. The molecule has 1 unspecified atom stereocenters. The van der Waals surface area contributed by atoms with Gasteiger partial charge in [0.15, 0.2) is 15.5 Å². The van der Waals surface area contributed by atoms with Crippen LogP contribution in [0, 0.1) is 0 Å². The molecule has 1 N–H and O–H groups in total. The molecular formula is C28H25Cl2N3O5S. The van der Waals surface area contributed by atoms with Crippen molar-refractivity contribution in [3.8, 4) is 16.9 Å². The van der Waals surface area contributed by atoms with Crippen molar-refractivity contribution >= 4 is 44.9 Å². The van der Waals surface area contributed by atoms with Crippen molar-refractivity contribution in [2.24, 2.45) is 0 Å². The second-order valence-electron chi connectivity index (χ2n) is 9.05. The molecule has 0 aliphatic carbocycles. The van der Waals surface area contributed by atoms with Crippen molar-refractivity contribution in [3.63, 3.8) is 0 Å². The average Bonchev–Trinajstić information content (AvgIpc) is 3.25. The van der Waals surface area contributed by atoms with E-state index in [0.717, 1.165) is 6.26 Å². The number of para-hydroxylation sites is 1. The Morgan fingerprint density at radius 2 is 1.62 bits per heavy atom. The molecule has 0 spiro atoms. The van der Waals surface area contributed by atoms with Gasteiger partial charge in [0, 0.05) is 29.5 Å². The van der Waals surface area contributed by atoms with Gasteiger partial charge in [0.1, 0.15) is 0 Å². The van der Waals surface area contributed by atoms with Crippen LogP contribution in [0.4, 0.5) is 0 Å². The van der Waals surface area contributed by atoms with Crippen LogP contribution in [0.15, 0.2) is 77.7 Å². The first-order valence-electron chi connectivity index (χ1n) is 11.8. The minimum atomic E-state index is -3.37. The van der Waals surface area contributed by atoms with Gasteiger partial charge >= 0.3 is 5.97 Å². The first kappa shape index (κ1) is 28.4. The lowest BCUT2D eigenvalue weighted by Crippen LogP contribution is -2.31. The fourth-order valence-electron chi connectivity index (χ4n) is 4.20. The van der Waals surface area contributed by atoms with Crippen LogP contribution in [0.25, 0.3) is 16.9 Å². The summed E-state index contributed by atoms with van der Waals surface area (Å²) in [6, 6.07) is 19.5. The number of carbonyl (C=O) groups is 2. The number of carboxylic acids is 1. The lowest BCUT2D eigenvalue weighted by molar-refractivity contribution is -0.136. The third kappa shape index (κ3) is 6.00. The SMILES string of the molecule is CC(c1ccc(S(C)(=O)=O)cc1)N(C)C(=O)c1nn(-c2ccccc2Cl)c(-c2ccc(Cl)cc2)c1CC(=O)O. The fraction of sp³-hybridized carbons (Fsp3) is 0.179. The van der Waals surface area contributed by atoms with E-state index in [0.29, 0.717) is 32.6 Å². The summed E-state index contributed by atoms with van der Waals surface area (Å²) in [5, 5.41) is 15.2. The molecule has 4 rings (SSSR count). The number of aliphatic carboxylic acids is 1. The maximum absolute atomic E-state index is 13.9. The van der Waals surface area contributed by atoms with Gasteiger partial charge in [0.25, 0.3) is 5.91 Å². The molecule has 8 nitrogen and oxygen atoms in total. The van der Waals surface area contributed by atoms with E-state index in [1.165, 1.54) is 21.7 Å². The Labute approximate surface area is 236 Å². The number of amides is 1. The molecule has 11 heteroatoms. The van der Waals surface area contributed by atoms with Crippen LogP contribution in [0.1, 0.15) is 34.6 Å². The number of rotatable bonds is 8. The monoisotopic (exact) mass is 585 g/mol. The summed E-state index contributed by atoms with van der Waals surface area (Å²) in [6.45, 7) is 1.79. The molecular weight excluding hydrogens is 561 g/mol. The first-order chi connectivity index (χ1) is 18.4. The minimum absolute atomic E-state index is 0.0376. The molecule has 4 aromatic rings. The number of nitrogens with zero attached hydrogens (tertiary/aromatic N) is 3. The summed E-state index contributed by atoms with van der Waals surface area (Å²) in [6.07, 6.45) is 0.660. The summed E-state index contributed by atoms with van der Waals surface area (Å²) >= 11 is 12.6. The quantitative estimate of drug-likeness (QED) is 0.283. The second kappa shape index (κ2) is 11.2. The fourth-order valence-corrected chi connectivity index (χ4v) is 5.18. The summed E-state index contributed by atoms with van der Waals surface area (Å²) in [5.41, 5.74) is 2.37. The molecule has 1 atom stereocenters. The smallest absolute Gasteiger partial charge is 0.307 e. The highest BCUT2D eigenvalue weighted by Gasteiger charge is 2.30. The summed E-state index contributed by atoms with van der Waals surface area (Å²) in [4.78, 5) is 27.4. The number of sulfone groups is 1. The maximum Gasteiger partial charge on any atom is 0.307 e. The van der Waals surface area contributed by atoms with Crippen LogP contribution in [-0.4, -0.2) is 53.4 Å². The van der Waals surface area contributed by atoms with E-state index in [1.54, 1.807) is 74.6 Å². The molecule has 1 heterocycles. The number of carboxylic acid groups (broad SMARTS) is 1. The number of benzene rings is 3. The largest absolute Gasteiger partial charge is 0.481 e. The predicted octanol–water partition coefficient (Wildman–Crippen LogP) is 5.71. The van der Waals surface area contributed by atoms with E-state index in [2.05, 4.69) is 5.10 Å². The van der Waals surface area contributed by atoms with Gasteiger partial charge in [-0.05, 0) is 48.9 Å². The van der Waals surface area contributed by atoms with Gasteiger partial charge in [0.05, 0.1) is 33.8 Å². The molecule has 0 saturated heterocycles. The van der Waals surface area contributed by atoms with Crippen LogP contribution < -0.4 is 0 Å². The first-order valence-corrected chi connectivity index (χ1v) is 14.4. The summed E-state index contributed by atoms with van der Waals surface area (Å²) < 4.78 is 25.2. The molecule has 0 aliphatic heterocycles. The van der Waals surface area contributed by atoms with Gasteiger partial charge in [-0.15, -0.1) is 0 Å². The van der Waals surface area contributed by atoms with E-state index >= 15 is 0 Å². The Hall–Kier alpha value is -3.66. The molecule has 1 amide bonds. The molecule has 0 fully saturated rings. The van der Waals surface area contributed by atoms with Gasteiger partial charge in [-0.3, -0.25) is 9.59 Å². The Kier molecular flexibility index (Phi) is 8.15. The van der Waals surface area contributed by atoms with E-state index in [4.69, 9.17) is 23.2 Å². The van der Waals surface area contributed by atoms with Crippen molar-refractivity contribution in [1.82, 2.24) is 14.7 Å². The van der Waals surface area contributed by atoms with Gasteiger partial charge in [0.2, 0.25) is 0 Å². The molecule has 39 heavy (non-hydrogen) atoms. The van der Waals surface area contributed by atoms with Crippen molar-refractivity contribution in [3.05, 3.63) is 99.7 Å². The van der Waals surface area contributed by atoms with Gasteiger partial charge < -0.3 is 10.0 Å². The second-order valence-corrected chi connectivity index (χ2v) is 11.9. The van der Waals surface area contributed by atoms with Crippen LogP contribution in [0.5, 0.6) is 0 Å². The number of aromatic nitrogens is 2. The van der Waals surface area contributed by atoms with Crippen molar-refractivity contribution in [2.45, 2.75) is 24.3 Å². The molecule has 0 saturated carbocycles. The highest BCUT2D eigenvalue weighted by atomic mass is 35.5. The Balaban J connectivity index is 1.85. The van der Waals surface area contributed by atoms with E-state index in [-0.39, 0.29) is 16.2 Å². The topological polar surface area (TPSA) is 110 Å². The molecule has 0 bridgehead atoms. The summed E-state index contributed by atoms with van der Waals surface area (Å²) in [7, 11) is -1.79. The van der Waals surface area contributed by atoms with Crippen molar-refractivity contribution in [2.75, 3.05) is 13.3 Å². The normalized spacial score (nSPS) is 12.2. The zero-order chi connectivity index (χ0) is 28.5. The Morgan fingerprint density at radius 1 is 1.00 bits per heavy atom. The highest BCUT2D eigenvalue weighted by molar-refractivity contribution is 7.90. The van der Waals surface area contributed by atoms with E-state index in [1.807, 2.05) is 0 Å². The number of halogens is 2. The number of hydrogen-bond acceptors (Lipinski definition) is 5. The van der Waals surface area contributed by atoms with Crippen LogP contribution in [-0.2, 0) is 21.1 Å². The molecule has 3 aromatic carbocycles. The maximum atomic E-state index is 13.9. The highest BCUT2D eigenvalue weighted by Crippen LogP contribution is 2.34.